The van der Waals surface area contributed by atoms with E-state index in [2.05, 4.69) is 171 Å². The zero-order valence-electron chi connectivity index (χ0n) is 27.7. The molecule has 5 nitrogen and oxygen atoms in total. The number of nitrogens with zero attached hydrogens (tertiary/aromatic N) is 5. The zero-order valence-corrected chi connectivity index (χ0v) is 28.5. The van der Waals surface area contributed by atoms with E-state index in [4.69, 9.17) is 9.97 Å². The first kappa shape index (κ1) is 28.0. The molecule has 5 aromatic heterocycles. The molecule has 5 heterocycles. The smallest absolute Gasteiger partial charge is 0.159 e. The molecule has 242 valence electrons. The molecule has 0 aliphatic rings. The minimum absolute atomic E-state index is 0.898. The molecule has 0 radical (unpaired) electrons. The van der Waals surface area contributed by atoms with E-state index in [1.54, 1.807) is 17.7 Å². The van der Waals surface area contributed by atoms with Gasteiger partial charge < -0.3 is 9.13 Å². The lowest BCUT2D eigenvalue weighted by Gasteiger charge is -2.11. The average molecular weight is 682 g/mol. The van der Waals surface area contributed by atoms with E-state index < -0.39 is 0 Å². The van der Waals surface area contributed by atoms with Crippen molar-refractivity contribution in [3.8, 4) is 17.2 Å². The molecule has 0 spiro atoms. The van der Waals surface area contributed by atoms with Crippen LogP contribution in [-0.4, -0.2) is 23.7 Å². The molecule has 0 aliphatic carbocycles. The number of para-hydroxylation sites is 6. The van der Waals surface area contributed by atoms with Gasteiger partial charge >= 0.3 is 0 Å². The average Bonchev–Trinajstić information content (AvgIpc) is 3.95. The molecule has 7 aromatic carbocycles. The van der Waals surface area contributed by atoms with Gasteiger partial charge in [0.05, 0.1) is 48.0 Å². The highest BCUT2D eigenvalue weighted by Gasteiger charge is 2.28. The van der Waals surface area contributed by atoms with Crippen LogP contribution in [0.15, 0.2) is 164 Å². The van der Waals surface area contributed by atoms with Crippen LogP contribution < -0.4 is 0 Å². The number of hydrogen-bond acceptors (Lipinski definition) is 3. The fourth-order valence-electron chi connectivity index (χ4n) is 8.72. The van der Waals surface area contributed by atoms with Crippen LogP contribution in [0.2, 0.25) is 0 Å². The quantitative estimate of drug-likeness (QED) is 0.186. The van der Waals surface area contributed by atoms with Crippen molar-refractivity contribution < 1.29 is 0 Å². The first-order valence-corrected chi connectivity index (χ1v) is 18.3. The molecule has 0 saturated heterocycles. The number of rotatable bonds is 3. The summed E-state index contributed by atoms with van der Waals surface area (Å²) in [4.78, 5) is 10.3. The van der Waals surface area contributed by atoms with Crippen molar-refractivity contribution >= 4 is 97.1 Å². The van der Waals surface area contributed by atoms with Crippen LogP contribution in [0.1, 0.15) is 0 Å². The molecule has 0 aliphatic heterocycles. The van der Waals surface area contributed by atoms with Crippen molar-refractivity contribution in [1.82, 2.24) is 23.7 Å². The lowest BCUT2D eigenvalue weighted by Crippen LogP contribution is -1.98. The highest BCUT2D eigenvalue weighted by molar-refractivity contribution is 7.27. The highest BCUT2D eigenvalue weighted by Crippen LogP contribution is 2.51. The molecule has 0 atom stereocenters. The Hall–Kier alpha value is -6.76. The number of hydrogen-bond donors (Lipinski definition) is 0. The maximum absolute atomic E-state index is 5.18. The largest absolute Gasteiger partial charge is 0.308 e. The van der Waals surface area contributed by atoms with Gasteiger partial charge in [0.15, 0.2) is 5.82 Å². The highest BCUT2D eigenvalue weighted by atomic mass is 32.1. The van der Waals surface area contributed by atoms with E-state index in [1.165, 1.54) is 59.1 Å². The first-order chi connectivity index (χ1) is 25.9. The normalized spacial score (nSPS) is 12.2. The second-order valence-corrected chi connectivity index (χ2v) is 14.4. The first-order valence-electron chi connectivity index (χ1n) is 17.5. The number of thiophene rings is 1. The van der Waals surface area contributed by atoms with Crippen LogP contribution in [0.5, 0.6) is 0 Å². The summed E-state index contributed by atoms with van der Waals surface area (Å²) in [7, 11) is 0. The van der Waals surface area contributed by atoms with E-state index in [-0.39, 0.29) is 0 Å². The van der Waals surface area contributed by atoms with Crippen LogP contribution >= 0.6 is 11.3 Å². The van der Waals surface area contributed by atoms with Gasteiger partial charge in [0.25, 0.3) is 0 Å². The lowest BCUT2D eigenvalue weighted by atomic mass is 10.0. The van der Waals surface area contributed by atoms with Gasteiger partial charge in [-0.05, 0) is 48.5 Å². The Morgan fingerprint density at radius 1 is 0.365 bits per heavy atom. The Morgan fingerprint density at radius 3 is 1.37 bits per heavy atom. The fourth-order valence-corrected chi connectivity index (χ4v) is 10.00. The van der Waals surface area contributed by atoms with Gasteiger partial charge in [0.2, 0.25) is 0 Å². The van der Waals surface area contributed by atoms with E-state index in [0.29, 0.717) is 0 Å². The second-order valence-electron chi connectivity index (χ2n) is 13.4. The minimum Gasteiger partial charge on any atom is -0.308 e. The maximum Gasteiger partial charge on any atom is 0.159 e. The second kappa shape index (κ2) is 10.4. The van der Waals surface area contributed by atoms with Crippen LogP contribution in [0, 0.1) is 0 Å². The SMILES string of the molecule is c1ccc(-n2c3ccccc3c3c4c5ccccc5n(-c5ccccc5)c4c4c5ncnc(-n6c7ccccc7c7ccccc76)c5sc4c32)cc1. The summed E-state index contributed by atoms with van der Waals surface area (Å²) in [5, 5.41) is 8.52. The Labute approximate surface area is 300 Å². The molecule has 0 N–H and O–H groups in total. The van der Waals surface area contributed by atoms with Gasteiger partial charge in [0, 0.05) is 49.1 Å². The topological polar surface area (TPSA) is 40.6 Å². The zero-order chi connectivity index (χ0) is 33.9. The van der Waals surface area contributed by atoms with Crippen molar-refractivity contribution in [1.29, 1.82) is 0 Å². The lowest BCUT2D eigenvalue weighted by molar-refractivity contribution is 1.08. The minimum atomic E-state index is 0.898. The fraction of sp³-hybridized carbons (Fsp3) is 0. The molecular formula is C46H27N5S. The monoisotopic (exact) mass is 681 g/mol. The van der Waals surface area contributed by atoms with Crippen molar-refractivity contribution in [2.75, 3.05) is 0 Å². The molecule has 6 heteroatoms. The van der Waals surface area contributed by atoms with Crippen LogP contribution in [0.4, 0.5) is 0 Å². The Morgan fingerprint density at radius 2 is 0.808 bits per heavy atom. The van der Waals surface area contributed by atoms with E-state index in [9.17, 15) is 0 Å². The third-order valence-electron chi connectivity index (χ3n) is 10.7. The summed E-state index contributed by atoms with van der Waals surface area (Å²) in [5.74, 6) is 0.898. The van der Waals surface area contributed by atoms with Gasteiger partial charge in [-0.1, -0.05) is 109 Å². The summed E-state index contributed by atoms with van der Waals surface area (Å²) < 4.78 is 9.50. The summed E-state index contributed by atoms with van der Waals surface area (Å²) in [6.07, 6.45) is 1.76. The molecule has 12 rings (SSSR count). The molecule has 0 saturated carbocycles. The summed E-state index contributed by atoms with van der Waals surface area (Å²) >= 11 is 1.81. The standard InChI is InChI=1S/C46H27N5S/c1-3-15-28(16-4-1)49-36-25-13-9-21-32(36)38-39-33-22-10-14-26-37(33)50(29-17-5-2-6-18-29)43(39)44-40(42(38)49)41-45(52-44)46(48-27-47-41)51-34-23-11-7-19-30(34)31-20-8-12-24-35(31)51/h1-27H. The van der Waals surface area contributed by atoms with E-state index in [0.717, 1.165) is 43.8 Å². The van der Waals surface area contributed by atoms with Crippen molar-refractivity contribution in [3.05, 3.63) is 164 Å². The number of fused-ring (bicyclic) bond motifs is 15. The van der Waals surface area contributed by atoms with Crippen molar-refractivity contribution in [2.24, 2.45) is 0 Å². The Balaban J connectivity index is 1.39. The van der Waals surface area contributed by atoms with Gasteiger partial charge in [-0.3, -0.25) is 4.57 Å². The van der Waals surface area contributed by atoms with Gasteiger partial charge in [-0.25, -0.2) is 9.97 Å². The van der Waals surface area contributed by atoms with Crippen molar-refractivity contribution in [2.45, 2.75) is 0 Å². The van der Waals surface area contributed by atoms with Crippen LogP contribution in [0.3, 0.4) is 0 Å². The van der Waals surface area contributed by atoms with E-state index in [1.807, 2.05) is 0 Å². The summed E-state index contributed by atoms with van der Waals surface area (Å²) in [5.41, 5.74) is 10.2. The molecular weight excluding hydrogens is 655 g/mol. The molecule has 0 bridgehead atoms. The van der Waals surface area contributed by atoms with Gasteiger partial charge in [0.1, 0.15) is 6.33 Å². The predicted molar refractivity (Wildman–Crippen MR) is 218 cm³/mol. The van der Waals surface area contributed by atoms with E-state index >= 15 is 0 Å². The number of aromatic nitrogens is 5. The van der Waals surface area contributed by atoms with Crippen LogP contribution in [0.25, 0.3) is 103 Å². The third kappa shape index (κ3) is 3.56. The molecule has 0 amide bonds. The molecule has 52 heavy (non-hydrogen) atoms. The summed E-state index contributed by atoms with van der Waals surface area (Å²) in [6, 6.07) is 56.5. The third-order valence-corrected chi connectivity index (χ3v) is 11.9. The Kier molecular flexibility index (Phi) is 5.59. The Bertz CT molecular complexity index is 3350. The van der Waals surface area contributed by atoms with Crippen LogP contribution in [-0.2, 0) is 0 Å². The molecule has 0 fully saturated rings. The summed E-state index contributed by atoms with van der Waals surface area (Å²) in [6.45, 7) is 0. The molecule has 0 unspecified atom stereocenters. The van der Waals surface area contributed by atoms with Gasteiger partial charge in [-0.2, -0.15) is 0 Å². The predicted octanol–water partition coefficient (Wildman–Crippen LogP) is 12.1. The number of benzene rings is 7. The van der Waals surface area contributed by atoms with Crippen molar-refractivity contribution in [3.63, 3.8) is 0 Å². The van der Waals surface area contributed by atoms with Gasteiger partial charge in [-0.15, -0.1) is 11.3 Å². The molecule has 12 aromatic rings. The maximum atomic E-state index is 5.18.